The Morgan fingerprint density at radius 2 is 2.19 bits per heavy atom. The quantitative estimate of drug-likeness (QED) is 0.691. The van der Waals surface area contributed by atoms with Gasteiger partial charge in [-0.05, 0) is 31.4 Å². The lowest BCUT2D eigenvalue weighted by atomic mass is 9.74. The highest BCUT2D eigenvalue weighted by Crippen LogP contribution is 2.42. The molecule has 2 N–H and O–H groups in total. The van der Waals surface area contributed by atoms with Crippen LogP contribution < -0.4 is 10.6 Å². The van der Waals surface area contributed by atoms with Crippen molar-refractivity contribution in [2.75, 3.05) is 10.6 Å². The van der Waals surface area contributed by atoms with Gasteiger partial charge in [0.25, 0.3) is 0 Å². The number of nitrogens with zero attached hydrogens (tertiary/aromatic N) is 1. The first-order chi connectivity index (χ1) is 7.75. The molecule has 3 rings (SSSR count). The van der Waals surface area contributed by atoms with Gasteiger partial charge in [0, 0.05) is 0 Å². The minimum atomic E-state index is -0.416. The number of amides is 1. The molecule has 0 atom stereocenters. The van der Waals surface area contributed by atoms with E-state index in [1.165, 1.54) is 0 Å². The van der Waals surface area contributed by atoms with Crippen molar-refractivity contribution in [2.45, 2.75) is 24.8 Å². The van der Waals surface area contributed by atoms with Gasteiger partial charge in [-0.3, -0.25) is 4.79 Å². The molecule has 2 aliphatic rings. The zero-order chi connectivity index (χ0) is 11.2. The molecule has 1 spiro atoms. The van der Waals surface area contributed by atoms with Crippen molar-refractivity contribution in [2.24, 2.45) is 0 Å². The molecule has 0 saturated heterocycles. The Labute approximate surface area is 93.3 Å². The van der Waals surface area contributed by atoms with E-state index in [-0.39, 0.29) is 5.91 Å². The molecule has 0 radical (unpaired) electrons. The van der Waals surface area contributed by atoms with E-state index in [4.69, 9.17) is 5.26 Å². The fraction of sp³-hybridized carbons (Fsp3) is 0.333. The SMILES string of the molecule is N#Cc1cccc2c1NC(=O)C1(CCC1)N2. The average Bonchev–Trinajstić information content (AvgIpc) is 2.25. The van der Waals surface area contributed by atoms with Crippen LogP contribution in [0.25, 0.3) is 0 Å². The summed E-state index contributed by atoms with van der Waals surface area (Å²) in [7, 11) is 0. The first-order valence-electron chi connectivity index (χ1n) is 5.38. The highest BCUT2D eigenvalue weighted by molar-refractivity contribution is 6.07. The van der Waals surface area contributed by atoms with Gasteiger partial charge < -0.3 is 10.6 Å². The van der Waals surface area contributed by atoms with Crippen molar-refractivity contribution in [1.29, 1.82) is 5.26 Å². The van der Waals surface area contributed by atoms with E-state index in [1.807, 2.05) is 12.1 Å². The van der Waals surface area contributed by atoms with Crippen LogP contribution in [0.4, 0.5) is 11.4 Å². The second-order valence-corrected chi connectivity index (χ2v) is 4.35. The van der Waals surface area contributed by atoms with Gasteiger partial charge in [0.15, 0.2) is 0 Å². The maximum absolute atomic E-state index is 11.9. The lowest BCUT2D eigenvalue weighted by Crippen LogP contribution is -2.57. The first-order valence-corrected chi connectivity index (χ1v) is 5.38. The molecule has 4 heteroatoms. The van der Waals surface area contributed by atoms with Crippen molar-refractivity contribution in [3.8, 4) is 6.07 Å². The summed E-state index contributed by atoms with van der Waals surface area (Å²) in [5.41, 5.74) is 1.57. The van der Waals surface area contributed by atoms with E-state index in [0.29, 0.717) is 11.3 Å². The van der Waals surface area contributed by atoms with Gasteiger partial charge in [0.2, 0.25) is 5.91 Å². The number of para-hydroxylation sites is 1. The number of carbonyl (C=O) groups excluding carboxylic acids is 1. The molecule has 16 heavy (non-hydrogen) atoms. The Morgan fingerprint density at radius 3 is 2.81 bits per heavy atom. The van der Waals surface area contributed by atoms with Crippen LogP contribution in [0.1, 0.15) is 24.8 Å². The van der Waals surface area contributed by atoms with Gasteiger partial charge >= 0.3 is 0 Å². The Kier molecular flexibility index (Phi) is 1.72. The summed E-state index contributed by atoms with van der Waals surface area (Å²) < 4.78 is 0. The van der Waals surface area contributed by atoms with Gasteiger partial charge in [-0.25, -0.2) is 0 Å². The summed E-state index contributed by atoms with van der Waals surface area (Å²) in [5, 5.41) is 15.1. The molecule has 0 unspecified atom stereocenters. The smallest absolute Gasteiger partial charge is 0.250 e. The number of nitriles is 1. The van der Waals surface area contributed by atoms with Crippen molar-refractivity contribution in [3.05, 3.63) is 23.8 Å². The summed E-state index contributed by atoms with van der Waals surface area (Å²) >= 11 is 0. The molecule has 4 nitrogen and oxygen atoms in total. The van der Waals surface area contributed by atoms with E-state index in [1.54, 1.807) is 6.07 Å². The highest BCUT2D eigenvalue weighted by atomic mass is 16.2. The number of hydrogen-bond acceptors (Lipinski definition) is 3. The summed E-state index contributed by atoms with van der Waals surface area (Å²) in [4.78, 5) is 11.9. The van der Waals surface area contributed by atoms with Gasteiger partial charge in [-0.15, -0.1) is 0 Å². The molecule has 0 bridgehead atoms. The second-order valence-electron chi connectivity index (χ2n) is 4.35. The van der Waals surface area contributed by atoms with E-state index >= 15 is 0 Å². The van der Waals surface area contributed by atoms with Gasteiger partial charge in [-0.2, -0.15) is 5.26 Å². The van der Waals surface area contributed by atoms with Crippen LogP contribution in [0, 0.1) is 11.3 Å². The maximum atomic E-state index is 11.9. The summed E-state index contributed by atoms with van der Waals surface area (Å²) in [6.07, 6.45) is 2.82. The monoisotopic (exact) mass is 213 g/mol. The van der Waals surface area contributed by atoms with Gasteiger partial charge in [0.05, 0.1) is 16.9 Å². The summed E-state index contributed by atoms with van der Waals surface area (Å²) in [5.74, 6) is -0.00560. The van der Waals surface area contributed by atoms with Crippen LogP contribution in [0.5, 0.6) is 0 Å². The van der Waals surface area contributed by atoms with Crippen LogP contribution in [0.2, 0.25) is 0 Å². The fourth-order valence-corrected chi connectivity index (χ4v) is 2.31. The number of nitrogens with one attached hydrogen (secondary N) is 2. The van der Waals surface area contributed by atoms with Crippen molar-refractivity contribution < 1.29 is 4.79 Å². The first kappa shape index (κ1) is 9.22. The Bertz CT molecular complexity index is 511. The third-order valence-corrected chi connectivity index (χ3v) is 3.44. The normalized spacial score (nSPS) is 20.1. The Hall–Kier alpha value is -2.02. The number of benzene rings is 1. The van der Waals surface area contributed by atoms with E-state index in [0.717, 1.165) is 24.9 Å². The molecule has 1 aromatic rings. The molecule has 0 aromatic heterocycles. The van der Waals surface area contributed by atoms with Crippen LogP contribution >= 0.6 is 0 Å². The summed E-state index contributed by atoms with van der Waals surface area (Å²) in [6, 6.07) is 7.52. The lowest BCUT2D eigenvalue weighted by Gasteiger charge is -2.45. The number of hydrogen-bond donors (Lipinski definition) is 2. The van der Waals surface area contributed by atoms with E-state index in [2.05, 4.69) is 16.7 Å². The van der Waals surface area contributed by atoms with Crippen molar-refractivity contribution >= 4 is 17.3 Å². The summed E-state index contributed by atoms with van der Waals surface area (Å²) in [6.45, 7) is 0. The van der Waals surface area contributed by atoms with E-state index in [9.17, 15) is 4.79 Å². The number of rotatable bonds is 0. The molecule has 1 fully saturated rings. The number of carbonyl (C=O) groups is 1. The zero-order valence-corrected chi connectivity index (χ0v) is 8.71. The molecule has 1 aromatic carbocycles. The average molecular weight is 213 g/mol. The largest absolute Gasteiger partial charge is 0.369 e. The lowest BCUT2D eigenvalue weighted by molar-refractivity contribution is -0.123. The van der Waals surface area contributed by atoms with Gasteiger partial charge in [0.1, 0.15) is 11.6 Å². The Morgan fingerprint density at radius 1 is 1.38 bits per heavy atom. The molecule has 1 saturated carbocycles. The molecule has 1 aliphatic heterocycles. The van der Waals surface area contributed by atoms with E-state index < -0.39 is 5.54 Å². The van der Waals surface area contributed by atoms with Crippen molar-refractivity contribution in [3.63, 3.8) is 0 Å². The molecular weight excluding hydrogens is 202 g/mol. The molecule has 1 amide bonds. The second kappa shape index (κ2) is 2.99. The molecular formula is C12H11N3O. The third kappa shape index (κ3) is 1.06. The minimum Gasteiger partial charge on any atom is -0.369 e. The molecule has 1 aliphatic carbocycles. The third-order valence-electron chi connectivity index (χ3n) is 3.44. The Balaban J connectivity index is 2.08. The highest BCUT2D eigenvalue weighted by Gasteiger charge is 2.47. The van der Waals surface area contributed by atoms with Crippen LogP contribution in [-0.2, 0) is 4.79 Å². The fourth-order valence-electron chi connectivity index (χ4n) is 2.31. The van der Waals surface area contributed by atoms with Crippen LogP contribution in [-0.4, -0.2) is 11.4 Å². The number of anilines is 2. The van der Waals surface area contributed by atoms with Gasteiger partial charge in [-0.1, -0.05) is 6.07 Å². The van der Waals surface area contributed by atoms with Crippen molar-refractivity contribution in [1.82, 2.24) is 0 Å². The molecule has 80 valence electrons. The minimum absolute atomic E-state index is 0.00560. The predicted octanol–water partition coefficient (Wildman–Crippen LogP) is 1.84. The standard InChI is InChI=1S/C12H11N3O/c13-7-8-3-1-4-9-10(8)14-11(16)12(15-9)5-2-6-12/h1,3-4,15H,2,5-6H2,(H,14,16). The van der Waals surface area contributed by atoms with Crippen LogP contribution in [0.15, 0.2) is 18.2 Å². The predicted molar refractivity (Wildman–Crippen MR) is 60.0 cm³/mol. The molecule has 1 heterocycles. The topological polar surface area (TPSA) is 64.9 Å². The zero-order valence-electron chi connectivity index (χ0n) is 8.71. The maximum Gasteiger partial charge on any atom is 0.250 e. The van der Waals surface area contributed by atoms with Crippen LogP contribution in [0.3, 0.4) is 0 Å². The number of fused-ring (bicyclic) bond motifs is 1.